The van der Waals surface area contributed by atoms with Gasteiger partial charge in [0.2, 0.25) is 6.41 Å². The Morgan fingerprint density at radius 2 is 2.33 bits per heavy atom. The molecule has 5 heteroatoms. The van der Waals surface area contributed by atoms with Crippen LogP contribution >= 0.6 is 0 Å². The fraction of sp³-hybridized carbons (Fsp3) is 0.200. The van der Waals surface area contributed by atoms with Crippen molar-refractivity contribution < 1.29 is 19.4 Å². The number of hydrogen-bond donors (Lipinski definition) is 1. The minimum absolute atomic E-state index is 0.0317. The molecule has 15 heavy (non-hydrogen) atoms. The van der Waals surface area contributed by atoms with E-state index in [1.54, 1.807) is 12.1 Å². The third kappa shape index (κ3) is 2.98. The van der Waals surface area contributed by atoms with E-state index in [-0.39, 0.29) is 12.3 Å². The monoisotopic (exact) mass is 209 g/mol. The maximum atomic E-state index is 11.0. The van der Waals surface area contributed by atoms with Crippen LogP contribution < -0.4 is 4.90 Å². The van der Waals surface area contributed by atoms with Crippen LogP contribution in [-0.2, 0) is 14.3 Å². The first-order valence-corrected chi connectivity index (χ1v) is 4.25. The quantitative estimate of drug-likeness (QED) is 0.580. The van der Waals surface area contributed by atoms with Crippen molar-refractivity contribution in [2.45, 2.75) is 0 Å². The van der Waals surface area contributed by atoms with Crippen molar-refractivity contribution in [1.82, 2.24) is 0 Å². The largest absolute Gasteiger partial charge is 0.508 e. The topological polar surface area (TPSA) is 66.8 Å². The van der Waals surface area contributed by atoms with Crippen molar-refractivity contribution in [3.63, 3.8) is 0 Å². The molecule has 0 aliphatic carbocycles. The van der Waals surface area contributed by atoms with Crippen LogP contribution in [0, 0.1) is 0 Å². The van der Waals surface area contributed by atoms with Crippen molar-refractivity contribution in [2.24, 2.45) is 0 Å². The molecule has 0 aliphatic heterocycles. The lowest BCUT2D eigenvalue weighted by Gasteiger charge is -2.15. The van der Waals surface area contributed by atoms with Crippen LogP contribution in [0.5, 0.6) is 5.75 Å². The van der Waals surface area contributed by atoms with Gasteiger partial charge in [-0.2, -0.15) is 0 Å². The third-order valence-corrected chi connectivity index (χ3v) is 1.82. The van der Waals surface area contributed by atoms with E-state index < -0.39 is 5.97 Å². The summed E-state index contributed by atoms with van der Waals surface area (Å²) in [5, 5.41) is 9.19. The van der Waals surface area contributed by atoms with Gasteiger partial charge in [0.15, 0.2) is 0 Å². The predicted octanol–water partition coefficient (Wildman–Crippen LogP) is 0.528. The van der Waals surface area contributed by atoms with Gasteiger partial charge >= 0.3 is 5.97 Å². The number of nitrogens with zero attached hydrogens (tertiary/aromatic N) is 1. The first-order chi connectivity index (χ1) is 7.17. The van der Waals surface area contributed by atoms with Crippen LogP contribution in [-0.4, -0.2) is 31.1 Å². The summed E-state index contributed by atoms with van der Waals surface area (Å²) in [6.07, 6.45) is 0.506. The van der Waals surface area contributed by atoms with Gasteiger partial charge in [-0.1, -0.05) is 6.07 Å². The van der Waals surface area contributed by atoms with Gasteiger partial charge in [0.05, 0.1) is 7.11 Å². The summed E-state index contributed by atoms with van der Waals surface area (Å²) in [5.41, 5.74) is 0.440. The second-order valence-corrected chi connectivity index (χ2v) is 2.83. The summed E-state index contributed by atoms with van der Waals surface area (Å²) in [6, 6.07) is 6.05. The van der Waals surface area contributed by atoms with Gasteiger partial charge in [0.25, 0.3) is 0 Å². The van der Waals surface area contributed by atoms with E-state index >= 15 is 0 Å². The van der Waals surface area contributed by atoms with Crippen LogP contribution in [0.25, 0.3) is 0 Å². The molecule has 0 radical (unpaired) electrons. The smallest absolute Gasteiger partial charge is 0.325 e. The maximum absolute atomic E-state index is 11.0. The standard InChI is InChI=1S/C10H11NO4/c1-15-10(14)6-11(7-12)8-3-2-4-9(13)5-8/h2-5,7,13H,6H2,1H3. The third-order valence-electron chi connectivity index (χ3n) is 1.82. The zero-order valence-electron chi connectivity index (χ0n) is 8.21. The minimum Gasteiger partial charge on any atom is -0.508 e. The average Bonchev–Trinajstić information content (AvgIpc) is 2.25. The first-order valence-electron chi connectivity index (χ1n) is 4.25. The fourth-order valence-electron chi connectivity index (χ4n) is 1.06. The molecule has 0 atom stereocenters. The highest BCUT2D eigenvalue weighted by molar-refractivity contribution is 5.85. The molecule has 0 spiro atoms. The highest BCUT2D eigenvalue weighted by atomic mass is 16.5. The molecule has 1 aromatic carbocycles. The molecule has 1 amide bonds. The van der Waals surface area contributed by atoms with Gasteiger partial charge in [0, 0.05) is 11.8 Å². The van der Waals surface area contributed by atoms with Crippen molar-refractivity contribution in [1.29, 1.82) is 0 Å². The van der Waals surface area contributed by atoms with E-state index in [0.29, 0.717) is 12.1 Å². The highest BCUT2D eigenvalue weighted by Crippen LogP contribution is 2.18. The Kier molecular flexibility index (Phi) is 3.68. The molecule has 0 fully saturated rings. The molecule has 0 aliphatic rings. The number of amides is 1. The van der Waals surface area contributed by atoms with Gasteiger partial charge in [0.1, 0.15) is 12.3 Å². The molecule has 0 bridgehead atoms. The van der Waals surface area contributed by atoms with Crippen molar-refractivity contribution in [2.75, 3.05) is 18.6 Å². The Hall–Kier alpha value is -2.04. The second-order valence-electron chi connectivity index (χ2n) is 2.83. The van der Waals surface area contributed by atoms with Gasteiger partial charge in [-0.05, 0) is 12.1 Å². The number of carbonyl (C=O) groups is 2. The summed E-state index contributed by atoms with van der Waals surface area (Å²) in [6.45, 7) is -0.177. The lowest BCUT2D eigenvalue weighted by atomic mass is 10.3. The number of anilines is 1. The van der Waals surface area contributed by atoms with Crippen LogP contribution in [0.2, 0.25) is 0 Å². The molecular weight excluding hydrogens is 198 g/mol. The molecule has 80 valence electrons. The van der Waals surface area contributed by atoms with Crippen LogP contribution in [0.15, 0.2) is 24.3 Å². The summed E-state index contributed by atoms with van der Waals surface area (Å²) in [5.74, 6) is -0.491. The van der Waals surface area contributed by atoms with Crippen LogP contribution in [0.1, 0.15) is 0 Å². The van der Waals surface area contributed by atoms with E-state index in [1.807, 2.05) is 0 Å². The number of benzene rings is 1. The Morgan fingerprint density at radius 3 is 2.87 bits per heavy atom. The molecule has 0 saturated heterocycles. The highest BCUT2D eigenvalue weighted by Gasteiger charge is 2.10. The Balaban J connectivity index is 2.83. The molecule has 5 nitrogen and oxygen atoms in total. The number of hydrogen-bond acceptors (Lipinski definition) is 4. The van der Waals surface area contributed by atoms with Gasteiger partial charge in [-0.3, -0.25) is 9.59 Å². The Labute approximate surface area is 86.9 Å². The molecule has 0 saturated carbocycles. The number of phenolic OH excluding ortho intramolecular Hbond substituents is 1. The Morgan fingerprint density at radius 1 is 1.60 bits per heavy atom. The summed E-state index contributed by atoms with van der Waals surface area (Å²) < 4.78 is 4.43. The van der Waals surface area contributed by atoms with E-state index in [9.17, 15) is 14.7 Å². The van der Waals surface area contributed by atoms with Gasteiger partial charge in [-0.15, -0.1) is 0 Å². The fourth-order valence-corrected chi connectivity index (χ4v) is 1.06. The van der Waals surface area contributed by atoms with E-state index in [4.69, 9.17) is 0 Å². The number of phenols is 1. The van der Waals surface area contributed by atoms with Crippen LogP contribution in [0.3, 0.4) is 0 Å². The van der Waals surface area contributed by atoms with Gasteiger partial charge < -0.3 is 14.7 Å². The second kappa shape index (κ2) is 4.99. The molecule has 1 aromatic rings. The van der Waals surface area contributed by atoms with E-state index in [2.05, 4.69) is 4.74 Å². The first kappa shape index (κ1) is 11.0. The number of carbonyl (C=O) groups excluding carboxylic acids is 2. The number of esters is 1. The SMILES string of the molecule is COC(=O)CN(C=O)c1cccc(O)c1. The van der Waals surface area contributed by atoms with Crippen molar-refractivity contribution >= 4 is 18.1 Å². The Bertz CT molecular complexity index is 364. The number of rotatable bonds is 4. The lowest BCUT2D eigenvalue weighted by Crippen LogP contribution is -2.28. The average molecular weight is 209 g/mol. The van der Waals surface area contributed by atoms with Crippen molar-refractivity contribution in [3.05, 3.63) is 24.3 Å². The van der Waals surface area contributed by atoms with Crippen LogP contribution in [0.4, 0.5) is 5.69 Å². The molecular formula is C10H11NO4. The zero-order chi connectivity index (χ0) is 11.3. The summed E-state index contributed by atoms with van der Waals surface area (Å²) >= 11 is 0. The molecule has 0 unspecified atom stereocenters. The molecule has 1 N–H and O–H groups in total. The van der Waals surface area contributed by atoms with Gasteiger partial charge in [-0.25, -0.2) is 0 Å². The molecule has 0 aromatic heterocycles. The minimum atomic E-state index is -0.523. The van der Waals surface area contributed by atoms with E-state index in [0.717, 1.165) is 4.90 Å². The summed E-state index contributed by atoms with van der Waals surface area (Å²) in [7, 11) is 1.24. The number of aromatic hydroxyl groups is 1. The number of ether oxygens (including phenoxy) is 1. The molecule has 1 rings (SSSR count). The normalized spacial score (nSPS) is 9.40. The lowest BCUT2D eigenvalue weighted by molar-refractivity contribution is -0.139. The van der Waals surface area contributed by atoms with E-state index in [1.165, 1.54) is 19.2 Å². The van der Waals surface area contributed by atoms with Crippen molar-refractivity contribution in [3.8, 4) is 5.75 Å². The maximum Gasteiger partial charge on any atom is 0.325 e. The molecule has 0 heterocycles. The number of methoxy groups -OCH3 is 1. The zero-order valence-corrected chi connectivity index (χ0v) is 8.21. The summed E-state index contributed by atoms with van der Waals surface area (Å²) in [4.78, 5) is 22.8. The predicted molar refractivity (Wildman–Crippen MR) is 53.5 cm³/mol.